The van der Waals surface area contributed by atoms with Crippen LogP contribution in [0.5, 0.6) is 0 Å². The Balaban J connectivity index is 2.44. The van der Waals surface area contributed by atoms with E-state index < -0.39 is 0 Å². The molecule has 3 N–H and O–H groups in total. The number of esters is 1. The fourth-order valence-electron chi connectivity index (χ4n) is 1.75. The molecule has 1 aromatic heterocycles. The van der Waals surface area contributed by atoms with Gasteiger partial charge in [0, 0.05) is 18.5 Å². The van der Waals surface area contributed by atoms with Crippen molar-refractivity contribution < 1.29 is 9.53 Å². The highest BCUT2D eigenvalue weighted by atomic mass is 16.5. The summed E-state index contributed by atoms with van der Waals surface area (Å²) >= 11 is 0. The summed E-state index contributed by atoms with van der Waals surface area (Å²) in [5.74, 6) is 1.11. The summed E-state index contributed by atoms with van der Waals surface area (Å²) < 4.78 is 4.86. The highest BCUT2D eigenvalue weighted by Gasteiger charge is 2.08. The summed E-state index contributed by atoms with van der Waals surface area (Å²) in [4.78, 5) is 19.4. The van der Waals surface area contributed by atoms with E-state index in [0.717, 1.165) is 24.2 Å². The number of carbonyl (C=O) groups excluding carboxylic acids is 1. The molecule has 6 nitrogen and oxygen atoms in total. The van der Waals surface area contributed by atoms with Gasteiger partial charge in [-0.25, -0.2) is 9.97 Å². The van der Waals surface area contributed by atoms with Crippen molar-refractivity contribution in [1.82, 2.24) is 9.97 Å². The van der Waals surface area contributed by atoms with Gasteiger partial charge in [0.05, 0.1) is 6.61 Å². The zero-order valence-corrected chi connectivity index (χ0v) is 11.6. The molecule has 1 heterocycles. The number of rotatable bonds is 8. The van der Waals surface area contributed by atoms with Crippen molar-refractivity contribution in [3.05, 3.63) is 11.9 Å². The monoisotopic (exact) mass is 266 g/mol. The maximum absolute atomic E-state index is 11.2. The normalized spacial score (nSPS) is 10.2. The molecule has 106 valence electrons. The number of nitrogens with two attached hydrogens (primary N) is 1. The Labute approximate surface area is 113 Å². The molecule has 0 spiro atoms. The fourth-order valence-corrected chi connectivity index (χ4v) is 1.75. The van der Waals surface area contributed by atoms with Crippen molar-refractivity contribution >= 4 is 17.6 Å². The van der Waals surface area contributed by atoms with Crippen molar-refractivity contribution in [3.63, 3.8) is 0 Å². The molecule has 0 aromatic carbocycles. The average molecular weight is 266 g/mol. The number of hydrogen-bond donors (Lipinski definition) is 2. The Morgan fingerprint density at radius 2 is 2.21 bits per heavy atom. The summed E-state index contributed by atoms with van der Waals surface area (Å²) in [6.45, 7) is 4.97. The van der Waals surface area contributed by atoms with Crippen LogP contribution in [0.4, 0.5) is 11.6 Å². The van der Waals surface area contributed by atoms with Gasteiger partial charge in [0.15, 0.2) is 0 Å². The molecule has 0 unspecified atom stereocenters. The molecule has 0 aliphatic rings. The lowest BCUT2D eigenvalue weighted by atomic mass is 10.1. The van der Waals surface area contributed by atoms with Crippen LogP contribution in [0.1, 0.15) is 38.7 Å². The maximum atomic E-state index is 11.2. The summed E-state index contributed by atoms with van der Waals surface area (Å²) in [6, 6.07) is 0. The number of ether oxygens (including phenoxy) is 1. The quantitative estimate of drug-likeness (QED) is 0.550. The van der Waals surface area contributed by atoms with E-state index in [-0.39, 0.29) is 5.97 Å². The van der Waals surface area contributed by atoms with Gasteiger partial charge in [0.25, 0.3) is 0 Å². The van der Waals surface area contributed by atoms with Crippen LogP contribution >= 0.6 is 0 Å². The summed E-state index contributed by atoms with van der Waals surface area (Å²) in [6.07, 6.45) is 4.38. The van der Waals surface area contributed by atoms with Crippen LogP contribution in [0, 0.1) is 0 Å². The summed E-state index contributed by atoms with van der Waals surface area (Å²) in [5, 5.41) is 3.20. The predicted octanol–water partition coefficient (Wildman–Crippen LogP) is 1.77. The molecule has 6 heteroatoms. The van der Waals surface area contributed by atoms with Gasteiger partial charge in [-0.3, -0.25) is 4.79 Å². The first kappa shape index (κ1) is 15.2. The van der Waals surface area contributed by atoms with Crippen molar-refractivity contribution in [1.29, 1.82) is 0 Å². The molecule has 1 aromatic rings. The minimum atomic E-state index is -0.166. The van der Waals surface area contributed by atoms with Crippen LogP contribution in [0.15, 0.2) is 6.33 Å². The molecule has 0 atom stereocenters. The number of aromatic nitrogens is 2. The van der Waals surface area contributed by atoms with E-state index in [9.17, 15) is 4.79 Å². The largest absolute Gasteiger partial charge is 0.466 e. The van der Waals surface area contributed by atoms with Gasteiger partial charge in [0.1, 0.15) is 18.0 Å². The Bertz CT molecular complexity index is 410. The van der Waals surface area contributed by atoms with Crippen LogP contribution in [0.3, 0.4) is 0 Å². The van der Waals surface area contributed by atoms with Crippen LogP contribution in [-0.2, 0) is 16.0 Å². The molecule has 0 amide bonds. The van der Waals surface area contributed by atoms with Gasteiger partial charge < -0.3 is 15.8 Å². The molecule has 0 fully saturated rings. The SMILES string of the molecule is CCCc1c(N)ncnc1NCCCC(=O)OCC. The Kier molecular flexibility index (Phi) is 6.63. The number of carbonyl (C=O) groups is 1. The number of nitrogen functional groups attached to an aromatic ring is 1. The number of nitrogens with zero attached hydrogens (tertiary/aromatic N) is 2. The molecular formula is C13H22N4O2. The van der Waals surface area contributed by atoms with Gasteiger partial charge in [0.2, 0.25) is 0 Å². The van der Waals surface area contributed by atoms with Crippen LogP contribution in [0.25, 0.3) is 0 Å². The first-order chi connectivity index (χ1) is 9.19. The molecule has 0 saturated heterocycles. The Hall–Kier alpha value is -1.85. The third kappa shape index (κ3) is 5.11. The average Bonchev–Trinajstić information content (AvgIpc) is 2.38. The van der Waals surface area contributed by atoms with Crippen LogP contribution < -0.4 is 11.1 Å². The van der Waals surface area contributed by atoms with Crippen molar-refractivity contribution in [3.8, 4) is 0 Å². The highest BCUT2D eigenvalue weighted by Crippen LogP contribution is 2.18. The molecule has 0 bridgehead atoms. The van der Waals surface area contributed by atoms with E-state index >= 15 is 0 Å². The van der Waals surface area contributed by atoms with E-state index in [1.807, 2.05) is 0 Å². The van der Waals surface area contributed by atoms with E-state index in [1.54, 1.807) is 6.92 Å². The Morgan fingerprint density at radius 3 is 2.89 bits per heavy atom. The van der Waals surface area contributed by atoms with Crippen molar-refractivity contribution in [2.45, 2.75) is 39.5 Å². The topological polar surface area (TPSA) is 90.1 Å². The zero-order chi connectivity index (χ0) is 14.1. The van der Waals surface area contributed by atoms with Crippen molar-refractivity contribution in [2.75, 3.05) is 24.2 Å². The summed E-state index contributed by atoms with van der Waals surface area (Å²) in [7, 11) is 0. The van der Waals surface area contributed by atoms with Gasteiger partial charge >= 0.3 is 5.97 Å². The second-order valence-corrected chi connectivity index (χ2v) is 4.17. The van der Waals surface area contributed by atoms with E-state index in [4.69, 9.17) is 10.5 Å². The van der Waals surface area contributed by atoms with Gasteiger partial charge in [-0.1, -0.05) is 13.3 Å². The lowest BCUT2D eigenvalue weighted by Gasteiger charge is -2.11. The Morgan fingerprint density at radius 1 is 1.42 bits per heavy atom. The highest BCUT2D eigenvalue weighted by molar-refractivity contribution is 5.69. The van der Waals surface area contributed by atoms with Crippen LogP contribution in [0.2, 0.25) is 0 Å². The van der Waals surface area contributed by atoms with Crippen molar-refractivity contribution in [2.24, 2.45) is 0 Å². The first-order valence-corrected chi connectivity index (χ1v) is 6.67. The number of anilines is 2. The second kappa shape index (κ2) is 8.29. The minimum absolute atomic E-state index is 0.166. The fraction of sp³-hybridized carbons (Fsp3) is 0.615. The first-order valence-electron chi connectivity index (χ1n) is 6.67. The van der Waals surface area contributed by atoms with E-state index in [2.05, 4.69) is 22.2 Å². The predicted molar refractivity (Wildman–Crippen MR) is 74.8 cm³/mol. The molecule has 0 saturated carbocycles. The third-order valence-electron chi connectivity index (χ3n) is 2.63. The smallest absolute Gasteiger partial charge is 0.305 e. The molecule has 0 radical (unpaired) electrons. The third-order valence-corrected chi connectivity index (χ3v) is 2.63. The van der Waals surface area contributed by atoms with Crippen LogP contribution in [-0.4, -0.2) is 29.1 Å². The number of hydrogen-bond acceptors (Lipinski definition) is 6. The molecule has 0 aliphatic heterocycles. The van der Waals surface area contributed by atoms with E-state index in [0.29, 0.717) is 31.8 Å². The standard InChI is InChI=1S/C13H22N4O2/c1-3-6-10-12(14)16-9-17-13(10)15-8-5-7-11(18)19-4-2/h9H,3-8H2,1-2H3,(H3,14,15,16,17). The van der Waals surface area contributed by atoms with Gasteiger partial charge in [-0.2, -0.15) is 0 Å². The molecular weight excluding hydrogens is 244 g/mol. The molecule has 19 heavy (non-hydrogen) atoms. The lowest BCUT2D eigenvalue weighted by molar-refractivity contribution is -0.143. The number of nitrogens with one attached hydrogen (secondary N) is 1. The van der Waals surface area contributed by atoms with Gasteiger partial charge in [-0.05, 0) is 19.8 Å². The summed E-state index contributed by atoms with van der Waals surface area (Å²) in [5.41, 5.74) is 6.78. The minimum Gasteiger partial charge on any atom is -0.466 e. The second-order valence-electron chi connectivity index (χ2n) is 4.17. The van der Waals surface area contributed by atoms with E-state index in [1.165, 1.54) is 6.33 Å². The lowest BCUT2D eigenvalue weighted by Crippen LogP contribution is -2.11. The molecule has 1 rings (SSSR count). The zero-order valence-electron chi connectivity index (χ0n) is 11.6. The van der Waals surface area contributed by atoms with Gasteiger partial charge in [-0.15, -0.1) is 0 Å². The maximum Gasteiger partial charge on any atom is 0.305 e. The molecule has 0 aliphatic carbocycles.